The first-order valence-corrected chi connectivity index (χ1v) is 5.57. The van der Waals surface area contributed by atoms with Gasteiger partial charge in [0.05, 0.1) is 5.69 Å². The first-order valence-electron chi connectivity index (χ1n) is 5.57. The molecular weight excluding hydrogens is 207 g/mol. The van der Waals surface area contributed by atoms with E-state index in [0.717, 1.165) is 26.1 Å². The molecule has 0 fully saturated rings. The van der Waals surface area contributed by atoms with Gasteiger partial charge in [-0.1, -0.05) is 6.92 Å². The zero-order valence-electron chi connectivity index (χ0n) is 10.1. The molecule has 4 nitrogen and oxygen atoms in total. The van der Waals surface area contributed by atoms with Crippen molar-refractivity contribution in [1.29, 1.82) is 0 Å². The molecule has 1 heterocycles. The van der Waals surface area contributed by atoms with Crippen molar-refractivity contribution < 1.29 is 4.39 Å². The molecule has 0 unspecified atom stereocenters. The molecule has 0 aliphatic carbocycles. The van der Waals surface area contributed by atoms with Crippen LogP contribution < -0.4 is 10.2 Å². The molecule has 1 rings (SSSR count). The molecule has 90 valence electrons. The molecule has 0 atom stereocenters. The van der Waals surface area contributed by atoms with Gasteiger partial charge in [0.2, 0.25) is 0 Å². The van der Waals surface area contributed by atoms with Gasteiger partial charge in [-0.3, -0.25) is 0 Å². The molecule has 1 N–H and O–H groups in total. The van der Waals surface area contributed by atoms with Gasteiger partial charge >= 0.3 is 0 Å². The van der Waals surface area contributed by atoms with Crippen LogP contribution in [0.2, 0.25) is 0 Å². The van der Waals surface area contributed by atoms with E-state index in [1.165, 1.54) is 6.33 Å². The summed E-state index contributed by atoms with van der Waals surface area (Å²) in [6.45, 7) is 6.08. The van der Waals surface area contributed by atoms with E-state index in [9.17, 15) is 4.39 Å². The summed E-state index contributed by atoms with van der Waals surface area (Å²) < 4.78 is 13.8. The second-order valence-corrected chi connectivity index (χ2v) is 3.69. The quantitative estimate of drug-likeness (QED) is 0.795. The second-order valence-electron chi connectivity index (χ2n) is 3.69. The molecule has 0 radical (unpaired) electrons. The van der Waals surface area contributed by atoms with E-state index >= 15 is 0 Å². The highest BCUT2D eigenvalue weighted by Crippen LogP contribution is 2.17. The highest BCUT2D eigenvalue weighted by atomic mass is 19.1. The van der Waals surface area contributed by atoms with Crippen LogP contribution in [0.5, 0.6) is 0 Å². The molecule has 5 heteroatoms. The van der Waals surface area contributed by atoms with Crippen molar-refractivity contribution in [2.24, 2.45) is 0 Å². The van der Waals surface area contributed by atoms with Gasteiger partial charge in [0.1, 0.15) is 6.33 Å². The number of aromatic nitrogens is 2. The zero-order chi connectivity index (χ0) is 12.0. The lowest BCUT2D eigenvalue weighted by Gasteiger charge is -2.23. The summed E-state index contributed by atoms with van der Waals surface area (Å²) in [6.07, 6.45) is 2.38. The fraction of sp³-hybridized carbons (Fsp3) is 0.636. The lowest BCUT2D eigenvalue weighted by molar-refractivity contribution is 0.585. The average molecular weight is 226 g/mol. The highest BCUT2D eigenvalue weighted by molar-refractivity contribution is 5.40. The smallest absolute Gasteiger partial charge is 0.186 e. The first kappa shape index (κ1) is 12.8. The SMILES string of the molecule is CCCN(CCNC)c1ncnc(C)c1F. The van der Waals surface area contributed by atoms with E-state index in [4.69, 9.17) is 0 Å². The Morgan fingerprint density at radius 2 is 2.12 bits per heavy atom. The van der Waals surface area contributed by atoms with Crippen LogP contribution in [0, 0.1) is 12.7 Å². The molecule has 0 saturated heterocycles. The number of aryl methyl sites for hydroxylation is 1. The molecule has 0 aliphatic rings. The van der Waals surface area contributed by atoms with Crippen LogP contribution in [0.4, 0.5) is 10.2 Å². The number of likely N-dealkylation sites (N-methyl/N-ethyl adjacent to an activating group) is 1. The monoisotopic (exact) mass is 226 g/mol. The van der Waals surface area contributed by atoms with Gasteiger partial charge in [-0.15, -0.1) is 0 Å². The summed E-state index contributed by atoms with van der Waals surface area (Å²) in [5, 5.41) is 3.05. The van der Waals surface area contributed by atoms with Crippen LogP contribution in [0.3, 0.4) is 0 Å². The van der Waals surface area contributed by atoms with Gasteiger partial charge in [0, 0.05) is 19.6 Å². The van der Waals surface area contributed by atoms with Crippen molar-refractivity contribution in [3.8, 4) is 0 Å². The van der Waals surface area contributed by atoms with E-state index in [0.29, 0.717) is 11.5 Å². The molecule has 0 bridgehead atoms. The van der Waals surface area contributed by atoms with Crippen molar-refractivity contribution in [2.45, 2.75) is 20.3 Å². The maximum Gasteiger partial charge on any atom is 0.186 e. The Morgan fingerprint density at radius 3 is 2.75 bits per heavy atom. The lowest BCUT2D eigenvalue weighted by Crippen LogP contribution is -2.33. The number of halogens is 1. The number of nitrogens with zero attached hydrogens (tertiary/aromatic N) is 3. The Bertz CT molecular complexity index is 330. The third-order valence-electron chi connectivity index (χ3n) is 2.37. The predicted molar refractivity (Wildman–Crippen MR) is 63.2 cm³/mol. The third-order valence-corrected chi connectivity index (χ3v) is 2.37. The molecule has 16 heavy (non-hydrogen) atoms. The van der Waals surface area contributed by atoms with E-state index in [2.05, 4.69) is 22.2 Å². The molecule has 0 aromatic carbocycles. The lowest BCUT2D eigenvalue weighted by atomic mass is 10.3. The second kappa shape index (κ2) is 6.37. The van der Waals surface area contributed by atoms with Gasteiger partial charge in [-0.2, -0.15) is 0 Å². The van der Waals surface area contributed by atoms with Crippen LogP contribution in [0.15, 0.2) is 6.33 Å². The van der Waals surface area contributed by atoms with Crippen LogP contribution in [-0.4, -0.2) is 36.6 Å². The van der Waals surface area contributed by atoms with Gasteiger partial charge < -0.3 is 10.2 Å². The van der Waals surface area contributed by atoms with Crippen LogP contribution >= 0.6 is 0 Å². The molecule has 0 aliphatic heterocycles. The van der Waals surface area contributed by atoms with E-state index < -0.39 is 0 Å². The summed E-state index contributed by atoms with van der Waals surface area (Å²) in [5.41, 5.74) is 0.399. The Labute approximate surface area is 95.9 Å². The fourth-order valence-corrected chi connectivity index (χ4v) is 1.51. The van der Waals surface area contributed by atoms with Gasteiger partial charge in [0.15, 0.2) is 11.6 Å². The van der Waals surface area contributed by atoms with Crippen LogP contribution in [-0.2, 0) is 0 Å². The first-order chi connectivity index (χ1) is 7.70. The minimum Gasteiger partial charge on any atom is -0.353 e. The van der Waals surface area contributed by atoms with E-state index in [-0.39, 0.29) is 5.82 Å². The number of anilines is 1. The summed E-state index contributed by atoms with van der Waals surface area (Å²) in [4.78, 5) is 9.80. The number of hydrogen-bond acceptors (Lipinski definition) is 4. The normalized spacial score (nSPS) is 10.5. The Kier molecular flexibility index (Phi) is 5.11. The summed E-state index contributed by atoms with van der Waals surface area (Å²) >= 11 is 0. The van der Waals surface area contributed by atoms with Crippen molar-refractivity contribution in [1.82, 2.24) is 15.3 Å². The van der Waals surface area contributed by atoms with Crippen molar-refractivity contribution >= 4 is 5.82 Å². The van der Waals surface area contributed by atoms with E-state index in [1.807, 2.05) is 11.9 Å². The minimum atomic E-state index is -0.313. The average Bonchev–Trinajstić information content (AvgIpc) is 2.28. The highest BCUT2D eigenvalue weighted by Gasteiger charge is 2.14. The van der Waals surface area contributed by atoms with Crippen molar-refractivity contribution in [3.05, 3.63) is 17.8 Å². The molecule has 1 aromatic rings. The van der Waals surface area contributed by atoms with Crippen LogP contribution in [0.1, 0.15) is 19.0 Å². The maximum absolute atomic E-state index is 13.8. The fourth-order valence-electron chi connectivity index (χ4n) is 1.51. The number of hydrogen-bond donors (Lipinski definition) is 1. The molecule has 0 spiro atoms. The zero-order valence-corrected chi connectivity index (χ0v) is 10.1. The Hall–Kier alpha value is -1.23. The Balaban J connectivity index is 2.86. The third kappa shape index (κ3) is 3.13. The van der Waals surface area contributed by atoms with Gasteiger partial charge in [-0.05, 0) is 20.4 Å². The summed E-state index contributed by atoms with van der Waals surface area (Å²) in [6, 6.07) is 0. The molecule has 0 saturated carbocycles. The molecular formula is C11H19FN4. The summed E-state index contributed by atoms with van der Waals surface area (Å²) in [7, 11) is 1.88. The van der Waals surface area contributed by atoms with Crippen LogP contribution in [0.25, 0.3) is 0 Å². The summed E-state index contributed by atoms with van der Waals surface area (Å²) in [5.74, 6) is 0.0941. The van der Waals surface area contributed by atoms with Gasteiger partial charge in [0.25, 0.3) is 0 Å². The standard InChI is InChI=1S/C11H19FN4/c1-4-6-16(7-5-13-3)11-10(12)9(2)14-8-15-11/h8,13H,4-7H2,1-3H3. The largest absolute Gasteiger partial charge is 0.353 e. The minimum absolute atomic E-state index is 0.313. The number of nitrogens with one attached hydrogen (secondary N) is 1. The topological polar surface area (TPSA) is 41.0 Å². The molecule has 1 aromatic heterocycles. The predicted octanol–water partition coefficient (Wildman–Crippen LogP) is 1.36. The maximum atomic E-state index is 13.8. The number of rotatable bonds is 6. The Morgan fingerprint density at radius 1 is 1.38 bits per heavy atom. The van der Waals surface area contributed by atoms with Crippen molar-refractivity contribution in [3.63, 3.8) is 0 Å². The molecule has 0 amide bonds. The van der Waals surface area contributed by atoms with E-state index in [1.54, 1.807) is 6.92 Å². The van der Waals surface area contributed by atoms with Crippen molar-refractivity contribution in [2.75, 3.05) is 31.6 Å². The van der Waals surface area contributed by atoms with Gasteiger partial charge in [-0.25, -0.2) is 14.4 Å².